The van der Waals surface area contributed by atoms with Crippen LogP contribution in [0.15, 0.2) is 15.9 Å². The lowest BCUT2D eigenvalue weighted by Crippen LogP contribution is -2.39. The lowest BCUT2D eigenvalue weighted by atomic mass is 10.5. The van der Waals surface area contributed by atoms with Crippen LogP contribution in [0.5, 0.6) is 0 Å². The average molecular weight is 223 g/mol. The molecule has 2 aromatic heterocycles. The number of hydrogen-bond acceptors (Lipinski definition) is 4. The van der Waals surface area contributed by atoms with Gasteiger partial charge in [-0.1, -0.05) is 0 Å². The Labute approximate surface area is 91.1 Å². The molecule has 86 valence electrons. The van der Waals surface area contributed by atoms with E-state index < -0.39 is 0 Å². The van der Waals surface area contributed by atoms with Crippen molar-refractivity contribution in [2.45, 2.75) is 0 Å². The van der Waals surface area contributed by atoms with Gasteiger partial charge in [-0.2, -0.15) is 0 Å². The van der Waals surface area contributed by atoms with Crippen molar-refractivity contribution in [2.75, 3.05) is 19.1 Å². The fourth-order valence-corrected chi connectivity index (χ4v) is 1.63. The zero-order valence-electron chi connectivity index (χ0n) is 9.63. The molecule has 7 nitrogen and oxygen atoms in total. The van der Waals surface area contributed by atoms with E-state index in [0.717, 1.165) is 4.57 Å². The normalized spacial score (nSPS) is 11.0. The van der Waals surface area contributed by atoms with E-state index >= 15 is 0 Å². The van der Waals surface area contributed by atoms with Crippen molar-refractivity contribution in [2.24, 2.45) is 14.1 Å². The second-order valence-electron chi connectivity index (χ2n) is 3.81. The van der Waals surface area contributed by atoms with E-state index in [0.29, 0.717) is 11.2 Å². The molecule has 0 saturated carbocycles. The topological polar surface area (TPSA) is 65.1 Å². The Morgan fingerprint density at radius 1 is 1.19 bits per heavy atom. The van der Waals surface area contributed by atoms with Gasteiger partial charge in [0.1, 0.15) is 6.33 Å². The molecule has 7 heteroatoms. The minimum atomic E-state index is -0.374. The maximum atomic E-state index is 11.9. The van der Waals surface area contributed by atoms with E-state index in [1.807, 2.05) is 0 Å². The van der Waals surface area contributed by atoms with E-state index in [1.165, 1.54) is 17.9 Å². The van der Waals surface area contributed by atoms with Gasteiger partial charge in [-0.15, -0.1) is 0 Å². The van der Waals surface area contributed by atoms with E-state index in [4.69, 9.17) is 0 Å². The highest BCUT2D eigenvalue weighted by Gasteiger charge is 2.14. The summed E-state index contributed by atoms with van der Waals surface area (Å²) in [5.74, 6) is 0. The molecular formula is C9H13N5O2. The van der Waals surface area contributed by atoms with Crippen LogP contribution in [0.25, 0.3) is 11.2 Å². The molecule has 0 spiro atoms. The number of hydrogen-bond donors (Lipinski definition) is 0. The number of nitrogens with zero attached hydrogens (tertiary/aromatic N) is 5. The van der Waals surface area contributed by atoms with Crippen LogP contribution in [-0.4, -0.2) is 32.9 Å². The summed E-state index contributed by atoms with van der Waals surface area (Å²) in [4.78, 5) is 27.7. The predicted molar refractivity (Wildman–Crippen MR) is 60.3 cm³/mol. The highest BCUT2D eigenvalue weighted by atomic mass is 16.2. The maximum absolute atomic E-state index is 11.9. The summed E-state index contributed by atoms with van der Waals surface area (Å²) in [6.07, 6.45) is 1.52. The zero-order chi connectivity index (χ0) is 12.0. The van der Waals surface area contributed by atoms with Crippen molar-refractivity contribution < 1.29 is 0 Å². The lowest BCUT2D eigenvalue weighted by molar-refractivity contribution is 0.695. The van der Waals surface area contributed by atoms with Crippen LogP contribution in [0.2, 0.25) is 0 Å². The molecule has 0 amide bonds. The van der Waals surface area contributed by atoms with E-state index in [-0.39, 0.29) is 11.2 Å². The minimum absolute atomic E-state index is 0.343. The van der Waals surface area contributed by atoms with Gasteiger partial charge in [0.25, 0.3) is 5.56 Å². The SMILES string of the molecule is CN(C)n1cnc2c1c(=O)n(C)c(=O)n2C. The van der Waals surface area contributed by atoms with Gasteiger partial charge < -0.3 is 5.01 Å². The smallest absolute Gasteiger partial charge is 0.317 e. The highest BCUT2D eigenvalue weighted by molar-refractivity contribution is 5.70. The number of fused-ring (bicyclic) bond motifs is 1. The zero-order valence-corrected chi connectivity index (χ0v) is 9.63. The number of imidazole rings is 1. The molecule has 2 rings (SSSR count). The van der Waals surface area contributed by atoms with Crippen molar-refractivity contribution in [3.05, 3.63) is 27.2 Å². The Morgan fingerprint density at radius 2 is 1.81 bits per heavy atom. The molecular weight excluding hydrogens is 210 g/mol. The summed E-state index contributed by atoms with van der Waals surface area (Å²) in [5, 5.41) is 1.72. The molecule has 2 aromatic rings. The molecule has 0 aliphatic rings. The first-order valence-electron chi connectivity index (χ1n) is 4.76. The molecule has 0 atom stereocenters. The number of aryl methyl sites for hydroxylation is 1. The van der Waals surface area contributed by atoms with Crippen molar-refractivity contribution in [1.82, 2.24) is 18.8 Å². The van der Waals surface area contributed by atoms with Gasteiger partial charge in [0.05, 0.1) is 0 Å². The third-order valence-corrected chi connectivity index (χ3v) is 2.56. The predicted octanol–water partition coefficient (Wildman–Crippen LogP) is -1.37. The van der Waals surface area contributed by atoms with Gasteiger partial charge in [0.2, 0.25) is 0 Å². The third-order valence-electron chi connectivity index (χ3n) is 2.56. The quantitative estimate of drug-likeness (QED) is 0.598. The number of aromatic nitrogens is 4. The molecule has 16 heavy (non-hydrogen) atoms. The summed E-state index contributed by atoms with van der Waals surface area (Å²) in [5.41, 5.74) is 0.0715. The molecule has 0 aliphatic heterocycles. The van der Waals surface area contributed by atoms with Crippen LogP contribution in [0.3, 0.4) is 0 Å². The molecule has 0 aliphatic carbocycles. The van der Waals surface area contributed by atoms with Crippen molar-refractivity contribution in [3.8, 4) is 0 Å². The van der Waals surface area contributed by atoms with Crippen LogP contribution < -0.4 is 16.3 Å². The first-order valence-corrected chi connectivity index (χ1v) is 4.76. The van der Waals surface area contributed by atoms with Crippen LogP contribution in [0.1, 0.15) is 0 Å². The molecule has 0 bridgehead atoms. The first kappa shape index (κ1) is 10.5. The monoisotopic (exact) mass is 223 g/mol. The highest BCUT2D eigenvalue weighted by Crippen LogP contribution is 2.04. The summed E-state index contributed by atoms with van der Waals surface area (Å²) in [6.45, 7) is 0. The van der Waals surface area contributed by atoms with Crippen molar-refractivity contribution in [3.63, 3.8) is 0 Å². The van der Waals surface area contributed by atoms with Gasteiger partial charge in [-0.05, 0) is 0 Å². The van der Waals surface area contributed by atoms with Crippen molar-refractivity contribution >= 4 is 11.2 Å². The largest absolute Gasteiger partial charge is 0.332 e. The third kappa shape index (κ3) is 1.17. The molecule has 0 unspecified atom stereocenters. The molecule has 2 heterocycles. The minimum Gasteiger partial charge on any atom is -0.317 e. The van der Waals surface area contributed by atoms with Gasteiger partial charge in [0, 0.05) is 28.2 Å². The lowest BCUT2D eigenvalue weighted by Gasteiger charge is -2.14. The summed E-state index contributed by atoms with van der Waals surface area (Å²) >= 11 is 0. The second-order valence-corrected chi connectivity index (χ2v) is 3.81. The molecule has 0 fully saturated rings. The Morgan fingerprint density at radius 3 is 2.38 bits per heavy atom. The van der Waals surface area contributed by atoms with Gasteiger partial charge >= 0.3 is 5.69 Å². The van der Waals surface area contributed by atoms with Gasteiger partial charge in [-0.25, -0.2) is 14.5 Å². The molecule has 0 aromatic carbocycles. The van der Waals surface area contributed by atoms with Crippen LogP contribution >= 0.6 is 0 Å². The average Bonchev–Trinajstić information content (AvgIpc) is 2.67. The fourth-order valence-electron chi connectivity index (χ4n) is 1.63. The first-order chi connectivity index (χ1) is 7.45. The molecule has 0 radical (unpaired) electrons. The Hall–Kier alpha value is -2.05. The molecule has 0 N–H and O–H groups in total. The summed E-state index contributed by atoms with van der Waals surface area (Å²) in [6, 6.07) is 0. The van der Waals surface area contributed by atoms with Crippen LogP contribution in [0, 0.1) is 0 Å². The second kappa shape index (κ2) is 3.22. The van der Waals surface area contributed by atoms with Crippen LogP contribution in [0.4, 0.5) is 0 Å². The van der Waals surface area contributed by atoms with Gasteiger partial charge in [-0.3, -0.25) is 13.9 Å². The van der Waals surface area contributed by atoms with Gasteiger partial charge in [0.15, 0.2) is 11.2 Å². The summed E-state index contributed by atoms with van der Waals surface area (Å²) < 4.78 is 4.04. The maximum Gasteiger partial charge on any atom is 0.332 e. The Bertz CT molecular complexity index is 661. The Kier molecular flexibility index (Phi) is 2.11. The van der Waals surface area contributed by atoms with E-state index in [9.17, 15) is 9.59 Å². The molecule has 0 saturated heterocycles. The number of rotatable bonds is 1. The van der Waals surface area contributed by atoms with E-state index in [1.54, 1.807) is 30.8 Å². The summed E-state index contributed by atoms with van der Waals surface area (Å²) in [7, 11) is 6.64. The van der Waals surface area contributed by atoms with Crippen molar-refractivity contribution in [1.29, 1.82) is 0 Å². The Balaban J connectivity index is 3.07. The van der Waals surface area contributed by atoms with E-state index in [2.05, 4.69) is 4.98 Å². The standard InChI is InChI=1S/C9H13N5O2/c1-11(2)14-5-10-7-6(14)8(15)13(4)9(16)12(7)3/h5H,1-4H3. The van der Waals surface area contributed by atoms with Crippen LogP contribution in [-0.2, 0) is 14.1 Å². The fraction of sp³-hybridized carbons (Fsp3) is 0.444.